The molecule has 0 spiro atoms. The molecule has 3 amide bonds. The maximum atomic E-state index is 11.6. The van der Waals surface area contributed by atoms with Crippen molar-refractivity contribution in [2.24, 2.45) is 5.41 Å². The Labute approximate surface area is 118 Å². The van der Waals surface area contributed by atoms with Gasteiger partial charge in [0.2, 0.25) is 5.91 Å². The fourth-order valence-electron chi connectivity index (χ4n) is 2.32. The van der Waals surface area contributed by atoms with E-state index in [-0.39, 0.29) is 19.0 Å². The highest BCUT2D eigenvalue weighted by molar-refractivity contribution is 5.84. The number of amides is 3. The van der Waals surface area contributed by atoms with Gasteiger partial charge in [-0.05, 0) is 12.8 Å². The number of hydrogen-bond donors (Lipinski definition) is 3. The van der Waals surface area contributed by atoms with Gasteiger partial charge in [0.25, 0.3) is 0 Å². The van der Waals surface area contributed by atoms with Crippen LogP contribution in [0.5, 0.6) is 0 Å². The second-order valence-corrected chi connectivity index (χ2v) is 5.47. The van der Waals surface area contributed by atoms with Gasteiger partial charge in [-0.3, -0.25) is 9.59 Å². The van der Waals surface area contributed by atoms with Crippen LogP contribution < -0.4 is 10.6 Å². The molecule has 3 N–H and O–H groups in total. The second kappa shape index (κ2) is 7.12. The van der Waals surface area contributed by atoms with Crippen LogP contribution >= 0.6 is 0 Å². The predicted octanol–water partition coefficient (Wildman–Crippen LogP) is 0.409. The summed E-state index contributed by atoms with van der Waals surface area (Å²) in [4.78, 5) is 35.7. The molecule has 0 heterocycles. The lowest BCUT2D eigenvalue weighted by molar-refractivity contribution is -0.150. The topological polar surface area (TPSA) is 98.7 Å². The quantitative estimate of drug-likeness (QED) is 0.681. The monoisotopic (exact) mass is 285 g/mol. The Balaban J connectivity index is 2.42. The third kappa shape index (κ3) is 4.40. The van der Waals surface area contributed by atoms with Crippen LogP contribution in [0.15, 0.2) is 0 Å². The number of aliphatic carboxylic acids is 1. The number of carboxylic acid groups (broad SMARTS) is 1. The maximum absolute atomic E-state index is 11.6. The van der Waals surface area contributed by atoms with Crippen molar-refractivity contribution in [1.82, 2.24) is 15.5 Å². The van der Waals surface area contributed by atoms with Crippen LogP contribution in [0.1, 0.15) is 32.1 Å². The summed E-state index contributed by atoms with van der Waals surface area (Å²) in [6.07, 6.45) is 3.94. The number of nitrogens with one attached hydrogen (secondary N) is 2. The van der Waals surface area contributed by atoms with Gasteiger partial charge < -0.3 is 20.6 Å². The molecule has 114 valence electrons. The van der Waals surface area contributed by atoms with Crippen LogP contribution in [0, 0.1) is 5.41 Å². The number of carbonyl (C=O) groups excluding carboxylic acids is 2. The van der Waals surface area contributed by atoms with Crippen molar-refractivity contribution in [3.63, 3.8) is 0 Å². The smallest absolute Gasteiger partial charge is 0.315 e. The van der Waals surface area contributed by atoms with E-state index in [2.05, 4.69) is 10.6 Å². The lowest BCUT2D eigenvalue weighted by Crippen LogP contribution is -2.48. The van der Waals surface area contributed by atoms with E-state index in [4.69, 9.17) is 0 Å². The molecule has 20 heavy (non-hydrogen) atoms. The second-order valence-electron chi connectivity index (χ2n) is 5.47. The SMILES string of the molecule is CN(C)C(=O)CNC(=O)NCC1(C(=O)O)CCCCC1. The first-order chi connectivity index (χ1) is 9.37. The van der Waals surface area contributed by atoms with Gasteiger partial charge in [-0.15, -0.1) is 0 Å². The van der Waals surface area contributed by atoms with Gasteiger partial charge in [-0.1, -0.05) is 19.3 Å². The Morgan fingerprint density at radius 1 is 1.10 bits per heavy atom. The van der Waals surface area contributed by atoms with E-state index in [0.29, 0.717) is 12.8 Å². The Morgan fingerprint density at radius 2 is 1.70 bits per heavy atom. The summed E-state index contributed by atoms with van der Waals surface area (Å²) in [5.74, 6) is -1.08. The first-order valence-electron chi connectivity index (χ1n) is 6.83. The van der Waals surface area contributed by atoms with Gasteiger partial charge >= 0.3 is 12.0 Å². The summed E-state index contributed by atoms with van der Waals surface area (Å²) < 4.78 is 0. The third-order valence-corrected chi connectivity index (χ3v) is 3.75. The Kier molecular flexibility index (Phi) is 5.79. The minimum absolute atomic E-state index is 0.0983. The van der Waals surface area contributed by atoms with E-state index in [1.807, 2.05) is 0 Å². The van der Waals surface area contributed by atoms with E-state index in [0.717, 1.165) is 19.3 Å². The largest absolute Gasteiger partial charge is 0.481 e. The van der Waals surface area contributed by atoms with Crippen molar-refractivity contribution in [1.29, 1.82) is 0 Å². The minimum Gasteiger partial charge on any atom is -0.481 e. The van der Waals surface area contributed by atoms with Crippen molar-refractivity contribution < 1.29 is 19.5 Å². The number of likely N-dealkylation sites (N-methyl/N-ethyl adjacent to an activating group) is 1. The van der Waals surface area contributed by atoms with Crippen LogP contribution in [-0.2, 0) is 9.59 Å². The highest BCUT2D eigenvalue weighted by atomic mass is 16.4. The first kappa shape index (κ1) is 16.3. The summed E-state index contributed by atoms with van der Waals surface area (Å²) >= 11 is 0. The van der Waals surface area contributed by atoms with Crippen molar-refractivity contribution in [2.75, 3.05) is 27.2 Å². The van der Waals surface area contributed by atoms with Gasteiger partial charge in [0, 0.05) is 20.6 Å². The Bertz CT molecular complexity index is 376. The molecule has 7 heteroatoms. The number of urea groups is 1. The van der Waals surface area contributed by atoms with Crippen molar-refractivity contribution in [3.8, 4) is 0 Å². The zero-order valence-electron chi connectivity index (χ0n) is 12.1. The molecule has 7 nitrogen and oxygen atoms in total. The lowest BCUT2D eigenvalue weighted by Gasteiger charge is -2.33. The average molecular weight is 285 g/mol. The number of nitrogens with zero attached hydrogens (tertiary/aromatic N) is 1. The maximum Gasteiger partial charge on any atom is 0.315 e. The lowest BCUT2D eigenvalue weighted by atomic mass is 9.74. The molecule has 1 aliphatic carbocycles. The van der Waals surface area contributed by atoms with Crippen molar-refractivity contribution in [3.05, 3.63) is 0 Å². The van der Waals surface area contributed by atoms with Crippen LogP contribution in [0.25, 0.3) is 0 Å². The van der Waals surface area contributed by atoms with Crippen LogP contribution in [0.2, 0.25) is 0 Å². The molecule has 0 bridgehead atoms. The standard InChI is InChI=1S/C13H23N3O4/c1-16(2)10(17)8-14-12(20)15-9-13(11(18)19)6-4-3-5-7-13/h3-9H2,1-2H3,(H,18,19)(H2,14,15,20). The molecule has 1 aliphatic rings. The van der Waals surface area contributed by atoms with Gasteiger partial charge in [0.1, 0.15) is 0 Å². The van der Waals surface area contributed by atoms with E-state index in [1.54, 1.807) is 14.1 Å². The van der Waals surface area contributed by atoms with E-state index in [1.165, 1.54) is 4.90 Å². The van der Waals surface area contributed by atoms with Gasteiger partial charge in [-0.25, -0.2) is 4.79 Å². The third-order valence-electron chi connectivity index (χ3n) is 3.75. The number of hydrogen-bond acceptors (Lipinski definition) is 3. The molecule has 0 saturated heterocycles. The fraction of sp³-hybridized carbons (Fsp3) is 0.769. The molecular formula is C13H23N3O4. The molecule has 0 atom stereocenters. The summed E-state index contributed by atoms with van der Waals surface area (Å²) in [5, 5.41) is 14.4. The zero-order valence-corrected chi connectivity index (χ0v) is 12.1. The van der Waals surface area contributed by atoms with E-state index >= 15 is 0 Å². The van der Waals surface area contributed by atoms with Crippen molar-refractivity contribution in [2.45, 2.75) is 32.1 Å². The predicted molar refractivity (Wildman–Crippen MR) is 73.2 cm³/mol. The summed E-state index contributed by atoms with van der Waals surface area (Å²) in [6, 6.07) is -0.508. The van der Waals surface area contributed by atoms with E-state index in [9.17, 15) is 19.5 Å². The molecule has 1 saturated carbocycles. The van der Waals surface area contributed by atoms with Crippen LogP contribution in [-0.4, -0.2) is 55.1 Å². The molecule has 0 aliphatic heterocycles. The molecule has 0 aromatic carbocycles. The Morgan fingerprint density at radius 3 is 2.20 bits per heavy atom. The molecule has 0 aromatic rings. The highest BCUT2D eigenvalue weighted by Crippen LogP contribution is 2.35. The van der Waals surface area contributed by atoms with Crippen molar-refractivity contribution >= 4 is 17.9 Å². The zero-order chi connectivity index (χ0) is 15.2. The normalized spacial score (nSPS) is 17.1. The van der Waals surface area contributed by atoms with Gasteiger partial charge in [0.15, 0.2) is 0 Å². The molecule has 1 fully saturated rings. The molecule has 0 radical (unpaired) electrons. The minimum atomic E-state index is -0.860. The van der Waals surface area contributed by atoms with Crippen LogP contribution in [0.3, 0.4) is 0 Å². The molecule has 0 unspecified atom stereocenters. The Hall–Kier alpha value is -1.79. The summed E-state index contributed by atoms with van der Waals surface area (Å²) in [6.45, 7) is 0.00320. The molecule has 1 rings (SSSR count). The molecule has 0 aromatic heterocycles. The number of rotatable bonds is 5. The number of carboxylic acids is 1. The fourth-order valence-corrected chi connectivity index (χ4v) is 2.32. The molecular weight excluding hydrogens is 262 g/mol. The van der Waals surface area contributed by atoms with Crippen LogP contribution in [0.4, 0.5) is 4.79 Å². The van der Waals surface area contributed by atoms with Gasteiger partial charge in [-0.2, -0.15) is 0 Å². The summed E-state index contributed by atoms with van der Waals surface area (Å²) in [5.41, 5.74) is -0.860. The first-order valence-corrected chi connectivity index (χ1v) is 6.83. The van der Waals surface area contributed by atoms with Gasteiger partial charge in [0.05, 0.1) is 12.0 Å². The number of carbonyl (C=O) groups is 3. The average Bonchev–Trinajstić information content (AvgIpc) is 2.43. The summed E-state index contributed by atoms with van der Waals surface area (Å²) in [7, 11) is 3.20. The van der Waals surface area contributed by atoms with E-state index < -0.39 is 17.4 Å². The highest BCUT2D eigenvalue weighted by Gasteiger charge is 2.39.